The summed E-state index contributed by atoms with van der Waals surface area (Å²) in [5.41, 5.74) is 6.27. The molecule has 0 amide bonds. The minimum Gasteiger partial charge on any atom is -0.382 e. The average molecular weight is 261 g/mol. The van der Waals surface area contributed by atoms with Gasteiger partial charge in [0.2, 0.25) is 0 Å². The lowest BCUT2D eigenvalue weighted by Crippen LogP contribution is -2.03. The van der Waals surface area contributed by atoms with Gasteiger partial charge in [-0.1, -0.05) is 60.7 Å². The van der Waals surface area contributed by atoms with Crippen LogP contribution in [0.15, 0.2) is 84.9 Å². The van der Waals surface area contributed by atoms with E-state index in [-0.39, 0.29) is 0 Å². The molecule has 3 rings (SSSR count). The van der Waals surface area contributed by atoms with Crippen molar-refractivity contribution in [2.45, 2.75) is 0 Å². The topological polar surface area (TPSA) is 21.3 Å². The van der Waals surface area contributed by atoms with E-state index in [1.807, 2.05) is 60.7 Å². The largest absolute Gasteiger partial charge is 0.382 e. The smallest absolute Gasteiger partial charge is 0.155 e. The molecule has 2 nitrogen and oxygen atoms in total. The van der Waals surface area contributed by atoms with Crippen molar-refractivity contribution in [1.82, 2.24) is 0 Å². The van der Waals surface area contributed by atoms with Gasteiger partial charge in [0.1, 0.15) is 0 Å². The number of benzene rings is 3. The Hall–Kier alpha value is -2.74. The molecule has 0 atom stereocenters. The van der Waals surface area contributed by atoms with Crippen molar-refractivity contribution in [2.24, 2.45) is 0 Å². The van der Waals surface area contributed by atoms with Crippen LogP contribution in [0.2, 0.25) is 0 Å². The molecular weight excluding hydrogens is 246 g/mol. The van der Waals surface area contributed by atoms with Crippen molar-refractivity contribution in [1.29, 1.82) is 0 Å². The second-order valence-electron chi connectivity index (χ2n) is 4.46. The van der Waals surface area contributed by atoms with E-state index in [0.29, 0.717) is 0 Å². The molecule has 0 heterocycles. The normalized spacial score (nSPS) is 10.0. The summed E-state index contributed by atoms with van der Waals surface area (Å²) in [7, 11) is 0. The van der Waals surface area contributed by atoms with Crippen LogP contribution in [0.5, 0.6) is 5.75 Å². The lowest BCUT2D eigenvalue weighted by atomic mass is 10.1. The molecule has 0 aliphatic heterocycles. The molecule has 0 bridgehead atoms. The predicted octanol–water partition coefficient (Wildman–Crippen LogP) is 4.76. The average Bonchev–Trinajstić information content (AvgIpc) is 2.55. The highest BCUT2D eigenvalue weighted by atomic mass is 16.6. The Morgan fingerprint density at radius 3 is 1.75 bits per heavy atom. The maximum Gasteiger partial charge on any atom is 0.155 e. The molecule has 3 aromatic rings. The third-order valence-electron chi connectivity index (χ3n) is 3.02. The Morgan fingerprint density at radius 2 is 1.10 bits per heavy atom. The van der Waals surface area contributed by atoms with E-state index in [9.17, 15) is 0 Å². The molecule has 0 aliphatic rings. The van der Waals surface area contributed by atoms with Crippen molar-refractivity contribution in [3.63, 3.8) is 0 Å². The first-order valence-electron chi connectivity index (χ1n) is 6.55. The van der Waals surface area contributed by atoms with E-state index >= 15 is 0 Å². The molecule has 0 fully saturated rings. The van der Waals surface area contributed by atoms with Crippen LogP contribution >= 0.6 is 0 Å². The van der Waals surface area contributed by atoms with Gasteiger partial charge in [-0.15, -0.1) is 0 Å². The van der Waals surface area contributed by atoms with Crippen LogP contribution in [-0.4, -0.2) is 0 Å². The Kier molecular flexibility index (Phi) is 3.65. The zero-order valence-electron chi connectivity index (χ0n) is 11.0. The Labute approximate surface area is 118 Å². The molecular formula is C18H15NO. The van der Waals surface area contributed by atoms with Gasteiger partial charge in [-0.2, -0.15) is 0 Å². The minimum atomic E-state index is 0.791. The van der Waals surface area contributed by atoms with Crippen LogP contribution < -0.4 is 10.3 Å². The van der Waals surface area contributed by atoms with E-state index in [1.165, 1.54) is 11.1 Å². The standard InChI is InChI=1S/C18H15NO/c1-3-7-15(8-4-1)16-11-13-17(14-12-16)19-20-18-9-5-2-6-10-18/h1-14,19H. The molecule has 0 saturated carbocycles. The summed E-state index contributed by atoms with van der Waals surface area (Å²) in [6.07, 6.45) is 0. The Bertz CT molecular complexity index is 648. The van der Waals surface area contributed by atoms with Crippen LogP contribution in [0.25, 0.3) is 11.1 Å². The SMILES string of the molecule is c1ccc(ONc2ccc(-c3ccccc3)cc2)cc1. The summed E-state index contributed by atoms with van der Waals surface area (Å²) in [5.74, 6) is 0.791. The van der Waals surface area contributed by atoms with Crippen LogP contribution in [0.1, 0.15) is 0 Å². The van der Waals surface area contributed by atoms with Crippen LogP contribution in [-0.2, 0) is 0 Å². The first kappa shape index (κ1) is 12.3. The van der Waals surface area contributed by atoms with Crippen molar-refractivity contribution in [2.75, 3.05) is 5.48 Å². The molecule has 2 heteroatoms. The number of para-hydroxylation sites is 1. The second-order valence-corrected chi connectivity index (χ2v) is 4.46. The fraction of sp³-hybridized carbons (Fsp3) is 0. The zero-order valence-corrected chi connectivity index (χ0v) is 11.0. The maximum atomic E-state index is 5.49. The molecule has 20 heavy (non-hydrogen) atoms. The van der Waals surface area contributed by atoms with Gasteiger partial charge in [0, 0.05) is 0 Å². The first-order valence-corrected chi connectivity index (χ1v) is 6.55. The fourth-order valence-corrected chi connectivity index (χ4v) is 1.97. The lowest BCUT2D eigenvalue weighted by molar-refractivity contribution is 0.405. The number of anilines is 1. The highest BCUT2D eigenvalue weighted by Crippen LogP contribution is 2.21. The van der Waals surface area contributed by atoms with E-state index in [0.717, 1.165) is 11.4 Å². The predicted molar refractivity (Wildman–Crippen MR) is 82.6 cm³/mol. The van der Waals surface area contributed by atoms with Crippen molar-refractivity contribution in [3.05, 3.63) is 84.9 Å². The lowest BCUT2D eigenvalue weighted by Gasteiger charge is -2.09. The van der Waals surface area contributed by atoms with Crippen LogP contribution in [0.3, 0.4) is 0 Å². The van der Waals surface area contributed by atoms with Gasteiger partial charge in [-0.25, -0.2) is 5.48 Å². The first-order chi connectivity index (χ1) is 9.92. The maximum absolute atomic E-state index is 5.49. The van der Waals surface area contributed by atoms with Gasteiger partial charge in [0.05, 0.1) is 5.69 Å². The second kappa shape index (κ2) is 5.93. The van der Waals surface area contributed by atoms with E-state index in [2.05, 4.69) is 29.7 Å². The zero-order chi connectivity index (χ0) is 13.6. The fourth-order valence-electron chi connectivity index (χ4n) is 1.97. The molecule has 98 valence electrons. The summed E-state index contributed by atoms with van der Waals surface area (Å²) < 4.78 is 0. The highest BCUT2D eigenvalue weighted by Gasteiger charge is 1.98. The van der Waals surface area contributed by atoms with Crippen molar-refractivity contribution >= 4 is 5.69 Å². The van der Waals surface area contributed by atoms with Crippen molar-refractivity contribution in [3.8, 4) is 16.9 Å². The van der Waals surface area contributed by atoms with Gasteiger partial charge in [-0.3, -0.25) is 0 Å². The summed E-state index contributed by atoms with van der Waals surface area (Å²) in [5, 5.41) is 0. The molecule has 0 unspecified atom stereocenters. The molecule has 0 radical (unpaired) electrons. The van der Waals surface area contributed by atoms with E-state index in [4.69, 9.17) is 4.84 Å². The molecule has 0 saturated heterocycles. The Morgan fingerprint density at radius 1 is 0.550 bits per heavy atom. The quantitative estimate of drug-likeness (QED) is 0.684. The van der Waals surface area contributed by atoms with Gasteiger partial charge >= 0.3 is 0 Å². The van der Waals surface area contributed by atoms with E-state index < -0.39 is 0 Å². The summed E-state index contributed by atoms with van der Waals surface area (Å²) in [6, 6.07) is 28.1. The molecule has 1 N–H and O–H groups in total. The summed E-state index contributed by atoms with van der Waals surface area (Å²) in [6.45, 7) is 0. The number of nitrogens with one attached hydrogen (secondary N) is 1. The number of hydrogen-bond donors (Lipinski definition) is 1. The highest BCUT2D eigenvalue weighted by molar-refractivity contribution is 5.65. The van der Waals surface area contributed by atoms with Gasteiger partial charge in [-0.05, 0) is 35.4 Å². The van der Waals surface area contributed by atoms with E-state index in [1.54, 1.807) is 0 Å². The third-order valence-corrected chi connectivity index (χ3v) is 3.02. The summed E-state index contributed by atoms with van der Waals surface area (Å²) >= 11 is 0. The monoisotopic (exact) mass is 261 g/mol. The van der Waals surface area contributed by atoms with Crippen LogP contribution in [0.4, 0.5) is 5.69 Å². The number of rotatable bonds is 4. The third kappa shape index (κ3) is 2.98. The van der Waals surface area contributed by atoms with Gasteiger partial charge < -0.3 is 4.84 Å². The Balaban J connectivity index is 1.68. The molecule has 0 aromatic heterocycles. The summed E-state index contributed by atoms with van der Waals surface area (Å²) in [4.78, 5) is 5.49. The van der Waals surface area contributed by atoms with Crippen molar-refractivity contribution < 1.29 is 4.84 Å². The molecule has 0 spiro atoms. The minimum absolute atomic E-state index is 0.791. The van der Waals surface area contributed by atoms with Gasteiger partial charge in [0.15, 0.2) is 5.75 Å². The van der Waals surface area contributed by atoms with Gasteiger partial charge in [0.25, 0.3) is 0 Å². The van der Waals surface area contributed by atoms with Crippen LogP contribution in [0, 0.1) is 0 Å². The molecule has 3 aromatic carbocycles. The number of hydrogen-bond acceptors (Lipinski definition) is 2. The molecule has 0 aliphatic carbocycles.